The van der Waals surface area contributed by atoms with Crippen molar-refractivity contribution in [2.75, 3.05) is 24.7 Å². The van der Waals surface area contributed by atoms with Gasteiger partial charge in [0.1, 0.15) is 54.2 Å². The fraction of sp³-hybridized carbons (Fsp3) is 0.500. The normalized spacial score (nSPS) is 37.1. The number of anilines is 2. The number of imidazole rings is 2. The molecule has 1 unspecified atom stereocenters. The summed E-state index contributed by atoms with van der Waals surface area (Å²) < 4.78 is 78.4. The van der Waals surface area contributed by atoms with E-state index in [0.29, 0.717) is 0 Å². The van der Waals surface area contributed by atoms with Crippen molar-refractivity contribution in [1.29, 1.82) is 0 Å². The van der Waals surface area contributed by atoms with Crippen LogP contribution in [0.1, 0.15) is 12.5 Å². The predicted octanol–water partition coefficient (Wildman–Crippen LogP) is 0.569. The average Bonchev–Trinajstić information content (AvgIpc) is 3.73. The van der Waals surface area contributed by atoms with Crippen molar-refractivity contribution >= 4 is 61.3 Å². The monoisotopic (exact) mass is 660 g/mol. The molecule has 0 spiro atoms. The number of nitrogen functional groups attached to an aromatic ring is 2. The molecule has 4 aromatic rings. The summed E-state index contributed by atoms with van der Waals surface area (Å²) in [5.74, 6) is 0.178. The summed E-state index contributed by atoms with van der Waals surface area (Å²) >= 11 is 4.05. The van der Waals surface area contributed by atoms with Crippen molar-refractivity contribution in [2.45, 2.75) is 49.1 Å². The Kier molecular flexibility index (Phi) is 7.36. The van der Waals surface area contributed by atoms with E-state index in [1.807, 2.05) is 0 Å². The second kappa shape index (κ2) is 11.0. The van der Waals surface area contributed by atoms with E-state index in [9.17, 15) is 14.2 Å². The highest BCUT2D eigenvalue weighted by atomic mass is 32.7. The summed E-state index contributed by atoms with van der Waals surface area (Å²) in [6.07, 6.45) is -6.28. The third kappa shape index (κ3) is 5.08. The molecule has 10 atom stereocenters. The largest absolute Gasteiger partial charge is 0.386 e. The van der Waals surface area contributed by atoms with E-state index in [4.69, 9.17) is 39.0 Å². The lowest BCUT2D eigenvalue weighted by molar-refractivity contribution is -0.0550. The van der Waals surface area contributed by atoms with Gasteiger partial charge in [-0.25, -0.2) is 38.9 Å². The van der Waals surface area contributed by atoms with Crippen LogP contribution in [0.15, 0.2) is 25.3 Å². The first-order chi connectivity index (χ1) is 20.6. The summed E-state index contributed by atoms with van der Waals surface area (Å²) in [5.41, 5.74) is 12.6. The van der Waals surface area contributed by atoms with Gasteiger partial charge in [-0.1, -0.05) is 12.2 Å². The number of hydrogen-bond acceptors (Lipinski definition) is 17. The number of aliphatic hydroxyl groups excluding tert-OH is 1. The number of rotatable bonds is 2. The van der Waals surface area contributed by atoms with Crippen LogP contribution >= 0.6 is 27.3 Å². The molecule has 230 valence electrons. The van der Waals surface area contributed by atoms with Gasteiger partial charge in [0.25, 0.3) is 0 Å². The first-order valence-corrected chi connectivity index (χ1v) is 16.5. The number of ether oxygens (including phenoxy) is 2. The lowest BCUT2D eigenvalue weighted by Gasteiger charge is -2.26. The highest BCUT2D eigenvalue weighted by Crippen LogP contribution is 2.57. The zero-order valence-electron chi connectivity index (χ0n) is 21.6. The van der Waals surface area contributed by atoms with Crippen LogP contribution in [0, 0.1) is 0 Å². The van der Waals surface area contributed by atoms with Crippen molar-refractivity contribution in [2.24, 2.45) is 0 Å². The van der Waals surface area contributed by atoms with Crippen molar-refractivity contribution < 1.29 is 46.2 Å². The fourth-order valence-corrected chi connectivity index (χ4v) is 7.53. The Morgan fingerprint density at radius 1 is 0.930 bits per heavy atom. The van der Waals surface area contributed by atoms with Gasteiger partial charge in [-0.15, -0.1) is 0 Å². The van der Waals surface area contributed by atoms with E-state index >= 15 is 4.39 Å². The number of aliphatic hydroxyl groups is 1. The number of alkyl halides is 1. The van der Waals surface area contributed by atoms with Crippen LogP contribution in [0.4, 0.5) is 16.0 Å². The number of fused-ring (bicyclic) bond motifs is 4. The summed E-state index contributed by atoms with van der Waals surface area (Å²) in [6.45, 7) is -5.32. The Morgan fingerprint density at radius 3 is 2.16 bits per heavy atom. The molecule has 0 aromatic carbocycles. The quantitative estimate of drug-likeness (QED) is 0.169. The number of thiol groups is 1. The third-order valence-corrected chi connectivity index (χ3v) is 9.63. The Morgan fingerprint density at radius 2 is 1.51 bits per heavy atom. The molecule has 7 rings (SSSR count). The van der Waals surface area contributed by atoms with Crippen molar-refractivity contribution in [1.82, 2.24) is 39.0 Å². The molecule has 3 aliphatic heterocycles. The first kappa shape index (κ1) is 28.9. The van der Waals surface area contributed by atoms with Crippen LogP contribution in [0.2, 0.25) is 0 Å². The number of nitrogens with zero attached hydrogens (tertiary/aromatic N) is 8. The third-order valence-electron chi connectivity index (χ3n) is 7.15. The topological polar surface area (TPSA) is 249 Å². The molecule has 43 heavy (non-hydrogen) atoms. The molecule has 5 N–H and O–H groups in total. The van der Waals surface area contributed by atoms with Crippen molar-refractivity contribution in [3.05, 3.63) is 25.3 Å². The van der Waals surface area contributed by atoms with E-state index in [-0.39, 0.29) is 34.0 Å². The van der Waals surface area contributed by atoms with Crippen LogP contribution in [-0.4, -0.2) is 94.0 Å². The SMILES string of the molecule is Nc1ncnc2c1ncn2[C@@H]1O[C@@H]2CO[PH](=O)O[C@H]3[C@@H](F)[C@H](n4cnc5c(N)ncnc54)O[C@@H]3CO[P@@](=O)(S)O[C@H]2[C@H]1O. The van der Waals surface area contributed by atoms with E-state index in [1.54, 1.807) is 0 Å². The number of aromatic nitrogens is 8. The highest BCUT2D eigenvalue weighted by molar-refractivity contribution is 8.44. The second-order valence-electron chi connectivity index (χ2n) is 9.71. The molecule has 0 bridgehead atoms. The second-order valence-corrected chi connectivity index (χ2v) is 13.6. The molecule has 3 saturated heterocycles. The van der Waals surface area contributed by atoms with Gasteiger partial charge in [-0.05, 0) is 0 Å². The van der Waals surface area contributed by atoms with E-state index in [2.05, 4.69) is 42.2 Å². The van der Waals surface area contributed by atoms with Gasteiger partial charge in [-0.3, -0.25) is 22.7 Å². The molecule has 3 aliphatic rings. The summed E-state index contributed by atoms with van der Waals surface area (Å²) in [5, 5.41) is 11.2. The van der Waals surface area contributed by atoms with Crippen LogP contribution < -0.4 is 11.5 Å². The lowest BCUT2D eigenvalue weighted by Crippen LogP contribution is -2.37. The van der Waals surface area contributed by atoms with Gasteiger partial charge < -0.3 is 35.1 Å². The first-order valence-electron chi connectivity index (χ1n) is 12.6. The molecule has 0 radical (unpaired) electrons. The van der Waals surface area contributed by atoms with Gasteiger partial charge in [0, 0.05) is 0 Å². The van der Waals surface area contributed by atoms with Gasteiger partial charge in [-0.2, -0.15) is 0 Å². The maximum atomic E-state index is 15.8. The standard InChI is InChI=1S/C20H23FN10O9P2S/c21-9-13-8(37-19(9)30-5-28-10-15(22)24-3-26-17(10)30)2-36-42(34,43)40-14-7(1-35-41(33)39-13)38-20(12(14)32)31-6-29-11-16(23)25-4-27-18(11)31/h3-9,12-14,19-20,32,41H,1-2H2,(H,34,43)(H2,22,24,26)(H2,23,25,27)/t7-,8-,9-,12-,13-,14-,19-,20-,42-/m1/s1. The molecular weight excluding hydrogens is 637 g/mol. The molecule has 19 nitrogen and oxygen atoms in total. The summed E-state index contributed by atoms with van der Waals surface area (Å²) in [7, 11) is -3.40. The minimum atomic E-state index is -4.27. The van der Waals surface area contributed by atoms with Crippen molar-refractivity contribution in [3.63, 3.8) is 0 Å². The maximum Gasteiger partial charge on any atom is 0.386 e. The molecule has 0 amide bonds. The Bertz CT molecular complexity index is 1770. The molecule has 3 fully saturated rings. The van der Waals surface area contributed by atoms with E-state index in [1.165, 1.54) is 34.4 Å². The average molecular weight is 660 g/mol. The minimum absolute atomic E-state index is 0.0747. The van der Waals surface area contributed by atoms with E-state index < -0.39 is 77.4 Å². The number of nitrogens with two attached hydrogens (primary N) is 2. The van der Waals surface area contributed by atoms with Crippen molar-refractivity contribution in [3.8, 4) is 0 Å². The highest BCUT2D eigenvalue weighted by Gasteiger charge is 2.52. The van der Waals surface area contributed by atoms with Gasteiger partial charge in [0.15, 0.2) is 41.6 Å². The molecule has 0 saturated carbocycles. The maximum absolute atomic E-state index is 15.8. The van der Waals surface area contributed by atoms with Gasteiger partial charge in [0.05, 0.1) is 25.9 Å². The lowest BCUT2D eigenvalue weighted by atomic mass is 10.1. The number of halogens is 1. The fourth-order valence-electron chi connectivity index (χ4n) is 5.17. The predicted molar refractivity (Wildman–Crippen MR) is 145 cm³/mol. The molecule has 23 heteroatoms. The smallest absolute Gasteiger partial charge is 0.386 e. The summed E-state index contributed by atoms with van der Waals surface area (Å²) in [4.78, 5) is 24.2. The Hall–Kier alpha value is -2.84. The molecule has 4 aromatic heterocycles. The van der Waals surface area contributed by atoms with Gasteiger partial charge in [0.2, 0.25) is 0 Å². The number of hydrogen-bond donors (Lipinski definition) is 4. The van der Waals surface area contributed by atoms with E-state index in [0.717, 1.165) is 0 Å². The van der Waals surface area contributed by atoms with Crippen LogP contribution in [0.3, 0.4) is 0 Å². The molecular formula is C20H23FN10O9P2S. The van der Waals surface area contributed by atoms with Crippen LogP contribution in [-0.2, 0) is 36.7 Å². The minimum Gasteiger partial charge on any atom is -0.386 e. The zero-order chi connectivity index (χ0) is 30.0. The Labute approximate surface area is 245 Å². The zero-order valence-corrected chi connectivity index (χ0v) is 24.3. The van der Waals surface area contributed by atoms with Crippen LogP contribution in [0.25, 0.3) is 22.3 Å². The molecule has 0 aliphatic carbocycles. The summed E-state index contributed by atoms with van der Waals surface area (Å²) in [6, 6.07) is 0. The molecule has 7 heterocycles. The Balaban J connectivity index is 1.14. The van der Waals surface area contributed by atoms with Gasteiger partial charge >= 0.3 is 15.1 Å². The van der Waals surface area contributed by atoms with Crippen LogP contribution in [0.5, 0.6) is 0 Å².